The van der Waals surface area contributed by atoms with E-state index in [2.05, 4.69) is 62.5 Å². The molecule has 0 amide bonds. The summed E-state index contributed by atoms with van der Waals surface area (Å²) >= 11 is 0. The van der Waals surface area contributed by atoms with Crippen LogP contribution in [0.5, 0.6) is 0 Å². The standard InChI is InChI=1S/C23H40O/c1-3-5-6-7-8-9-10-11-12-13-14-15-16-17-18-19-20-21-23-24-22-4-2/h8-9,11-12,14-15,17-18H,3-7,10,13,16,19-23H2,1-2H3/b9-8-,12-11-,15-14-,18-17-. The molecule has 0 saturated heterocycles. The molecule has 1 heteroatoms. The second-order valence-electron chi connectivity index (χ2n) is 6.20. The Morgan fingerprint density at radius 2 is 1.00 bits per heavy atom. The van der Waals surface area contributed by atoms with Crippen molar-refractivity contribution in [1.29, 1.82) is 0 Å². The van der Waals surface area contributed by atoms with Crippen LogP contribution >= 0.6 is 0 Å². The fourth-order valence-electron chi connectivity index (χ4n) is 2.27. The SMILES string of the molecule is CCCCC/C=C\C/C=C\C/C=C\C/C=C\CCCCOCCC. The van der Waals surface area contributed by atoms with Crippen LogP contribution in [0.15, 0.2) is 48.6 Å². The summed E-state index contributed by atoms with van der Waals surface area (Å²) in [6.45, 7) is 6.23. The average Bonchev–Trinajstić information content (AvgIpc) is 2.60. The maximum Gasteiger partial charge on any atom is 0.0466 e. The second kappa shape index (κ2) is 21.9. The van der Waals surface area contributed by atoms with E-state index in [4.69, 9.17) is 4.74 Å². The molecule has 0 saturated carbocycles. The first-order valence-corrected chi connectivity index (χ1v) is 10.1. The maximum atomic E-state index is 5.47. The minimum absolute atomic E-state index is 0.907. The van der Waals surface area contributed by atoms with Crippen molar-refractivity contribution < 1.29 is 4.74 Å². The molecule has 0 bridgehead atoms. The lowest BCUT2D eigenvalue weighted by Gasteiger charge is -2.00. The van der Waals surface area contributed by atoms with Crippen molar-refractivity contribution in [1.82, 2.24) is 0 Å². The van der Waals surface area contributed by atoms with Crippen molar-refractivity contribution in [2.24, 2.45) is 0 Å². The van der Waals surface area contributed by atoms with Crippen LogP contribution < -0.4 is 0 Å². The zero-order valence-electron chi connectivity index (χ0n) is 16.2. The van der Waals surface area contributed by atoms with Crippen LogP contribution in [-0.2, 0) is 4.74 Å². The van der Waals surface area contributed by atoms with Crippen LogP contribution in [0.2, 0.25) is 0 Å². The molecule has 0 aromatic carbocycles. The molecule has 0 fully saturated rings. The summed E-state index contributed by atoms with van der Waals surface area (Å²) in [5.74, 6) is 0. The molecular weight excluding hydrogens is 292 g/mol. The molecule has 0 radical (unpaired) electrons. The maximum absolute atomic E-state index is 5.47. The molecule has 0 heterocycles. The summed E-state index contributed by atoms with van der Waals surface area (Å²) in [4.78, 5) is 0. The topological polar surface area (TPSA) is 9.23 Å². The Hall–Kier alpha value is -1.08. The molecule has 1 nitrogen and oxygen atoms in total. The van der Waals surface area contributed by atoms with Gasteiger partial charge in [0.1, 0.15) is 0 Å². The first kappa shape index (κ1) is 22.9. The van der Waals surface area contributed by atoms with Gasteiger partial charge < -0.3 is 4.74 Å². The predicted octanol–water partition coefficient (Wildman–Crippen LogP) is 7.56. The third-order valence-corrected chi connectivity index (χ3v) is 3.72. The largest absolute Gasteiger partial charge is 0.381 e. The first-order chi connectivity index (χ1) is 11.9. The summed E-state index contributed by atoms with van der Waals surface area (Å²) in [5, 5.41) is 0. The van der Waals surface area contributed by atoms with E-state index in [0.717, 1.165) is 38.9 Å². The summed E-state index contributed by atoms with van der Waals surface area (Å²) < 4.78 is 5.47. The Labute approximate surface area is 151 Å². The molecule has 0 N–H and O–H groups in total. The summed E-state index contributed by atoms with van der Waals surface area (Å²) in [6.07, 6.45) is 31.3. The summed E-state index contributed by atoms with van der Waals surface area (Å²) in [6, 6.07) is 0. The van der Waals surface area contributed by atoms with E-state index in [-0.39, 0.29) is 0 Å². The van der Waals surface area contributed by atoms with Gasteiger partial charge in [0.05, 0.1) is 0 Å². The van der Waals surface area contributed by atoms with Crippen molar-refractivity contribution in [3.8, 4) is 0 Å². The van der Waals surface area contributed by atoms with Crippen LogP contribution in [0.1, 0.15) is 84.5 Å². The zero-order valence-corrected chi connectivity index (χ0v) is 16.2. The van der Waals surface area contributed by atoms with Crippen LogP contribution in [0, 0.1) is 0 Å². The van der Waals surface area contributed by atoms with Crippen molar-refractivity contribution in [3.63, 3.8) is 0 Å². The summed E-state index contributed by atoms with van der Waals surface area (Å²) in [5.41, 5.74) is 0. The molecule has 138 valence electrons. The fraction of sp³-hybridized carbons (Fsp3) is 0.652. The molecule has 0 unspecified atom stereocenters. The van der Waals surface area contributed by atoms with E-state index in [1.807, 2.05) is 0 Å². The van der Waals surface area contributed by atoms with Gasteiger partial charge >= 0.3 is 0 Å². The van der Waals surface area contributed by atoms with Gasteiger partial charge in [-0.05, 0) is 57.8 Å². The Morgan fingerprint density at radius 3 is 1.50 bits per heavy atom. The molecule has 0 aliphatic heterocycles. The molecular formula is C23H40O. The monoisotopic (exact) mass is 332 g/mol. The number of unbranched alkanes of at least 4 members (excludes halogenated alkanes) is 5. The normalized spacial score (nSPS) is 12.6. The van der Waals surface area contributed by atoms with Gasteiger partial charge in [-0.25, -0.2) is 0 Å². The van der Waals surface area contributed by atoms with E-state index >= 15 is 0 Å². The number of hydrogen-bond acceptors (Lipinski definition) is 1. The first-order valence-electron chi connectivity index (χ1n) is 10.1. The van der Waals surface area contributed by atoms with Crippen molar-refractivity contribution in [2.75, 3.05) is 13.2 Å². The third kappa shape index (κ3) is 20.9. The third-order valence-electron chi connectivity index (χ3n) is 3.72. The molecule has 0 atom stereocenters. The smallest absolute Gasteiger partial charge is 0.0466 e. The van der Waals surface area contributed by atoms with Gasteiger partial charge in [-0.2, -0.15) is 0 Å². The van der Waals surface area contributed by atoms with Gasteiger partial charge in [0.2, 0.25) is 0 Å². The highest BCUT2D eigenvalue weighted by molar-refractivity contribution is 4.99. The lowest BCUT2D eigenvalue weighted by Crippen LogP contribution is -1.94. The molecule has 0 spiro atoms. The van der Waals surface area contributed by atoms with E-state index in [0.29, 0.717) is 0 Å². The van der Waals surface area contributed by atoms with E-state index in [1.54, 1.807) is 0 Å². The second-order valence-corrected chi connectivity index (χ2v) is 6.20. The van der Waals surface area contributed by atoms with Gasteiger partial charge in [0.25, 0.3) is 0 Å². The van der Waals surface area contributed by atoms with Crippen LogP contribution in [0.3, 0.4) is 0 Å². The highest BCUT2D eigenvalue weighted by Crippen LogP contribution is 2.01. The predicted molar refractivity (Wildman–Crippen MR) is 110 cm³/mol. The zero-order chi connectivity index (χ0) is 17.6. The van der Waals surface area contributed by atoms with Crippen LogP contribution in [0.4, 0.5) is 0 Å². The quantitative estimate of drug-likeness (QED) is 0.197. The molecule has 0 aromatic rings. The Bertz CT molecular complexity index is 336. The highest BCUT2D eigenvalue weighted by atomic mass is 16.5. The Kier molecular flexibility index (Phi) is 20.9. The van der Waals surface area contributed by atoms with Crippen molar-refractivity contribution in [2.45, 2.75) is 84.5 Å². The van der Waals surface area contributed by atoms with Gasteiger partial charge in [0.15, 0.2) is 0 Å². The van der Waals surface area contributed by atoms with Crippen LogP contribution in [0.25, 0.3) is 0 Å². The Balaban J connectivity index is 3.33. The Morgan fingerprint density at radius 1 is 0.500 bits per heavy atom. The number of hydrogen-bond donors (Lipinski definition) is 0. The molecule has 0 aliphatic rings. The van der Waals surface area contributed by atoms with Crippen molar-refractivity contribution >= 4 is 0 Å². The van der Waals surface area contributed by atoms with E-state index in [1.165, 1.54) is 44.9 Å². The van der Waals surface area contributed by atoms with Crippen LogP contribution in [-0.4, -0.2) is 13.2 Å². The van der Waals surface area contributed by atoms with E-state index in [9.17, 15) is 0 Å². The molecule has 24 heavy (non-hydrogen) atoms. The van der Waals surface area contributed by atoms with E-state index < -0.39 is 0 Å². The average molecular weight is 333 g/mol. The van der Waals surface area contributed by atoms with Crippen molar-refractivity contribution in [3.05, 3.63) is 48.6 Å². The lowest BCUT2D eigenvalue weighted by molar-refractivity contribution is 0.131. The minimum Gasteiger partial charge on any atom is -0.381 e. The van der Waals surface area contributed by atoms with Gasteiger partial charge in [0, 0.05) is 13.2 Å². The molecule has 0 rings (SSSR count). The number of allylic oxidation sites excluding steroid dienone is 8. The van der Waals surface area contributed by atoms with Gasteiger partial charge in [-0.1, -0.05) is 75.3 Å². The molecule has 0 aromatic heterocycles. The van der Waals surface area contributed by atoms with Gasteiger partial charge in [-0.3, -0.25) is 0 Å². The molecule has 0 aliphatic carbocycles. The lowest BCUT2D eigenvalue weighted by atomic mass is 10.2. The highest BCUT2D eigenvalue weighted by Gasteiger charge is 1.86. The number of rotatable bonds is 17. The summed E-state index contributed by atoms with van der Waals surface area (Å²) in [7, 11) is 0. The number of ether oxygens (including phenoxy) is 1. The fourth-order valence-corrected chi connectivity index (χ4v) is 2.27. The van der Waals surface area contributed by atoms with Gasteiger partial charge in [-0.15, -0.1) is 0 Å². The minimum atomic E-state index is 0.907.